The summed E-state index contributed by atoms with van der Waals surface area (Å²) in [6.45, 7) is 4.70. The molecule has 56 heavy (non-hydrogen) atoms. The highest BCUT2D eigenvalue weighted by atomic mass is 15.1. The molecule has 0 saturated carbocycles. The summed E-state index contributed by atoms with van der Waals surface area (Å²) < 4.78 is 0. The Kier molecular flexibility index (Phi) is 8.23. The minimum Gasteiger partial charge on any atom is -0.310 e. The highest BCUT2D eigenvalue weighted by Gasteiger charge is 2.37. The molecule has 0 aromatic heterocycles. The smallest absolute Gasteiger partial charge is 0.0543 e. The molecule has 0 radical (unpaired) electrons. The minimum absolute atomic E-state index is 0.0940. The van der Waals surface area contributed by atoms with Crippen LogP contribution < -0.4 is 4.90 Å². The molecule has 0 fully saturated rings. The van der Waals surface area contributed by atoms with Gasteiger partial charge in [0.05, 0.1) is 5.69 Å². The van der Waals surface area contributed by atoms with E-state index in [0.29, 0.717) is 0 Å². The van der Waals surface area contributed by atoms with Gasteiger partial charge in [0.25, 0.3) is 0 Å². The standard InChI is InChI=1S/C55H41N/c1-55(2)51-22-9-8-20-50(51)54-52(55)23-12-24-53(54)56(47-35-31-41(32-36-47)45-18-10-17-44(37-45)38-13-4-3-5-14-38)46-33-29-40(30-34-46)39-25-27-43(28-26-39)49-21-11-16-42-15-6-7-19-48(42)49/h3-37H,1-2H3. The van der Waals surface area contributed by atoms with Crippen molar-refractivity contribution in [3.8, 4) is 55.6 Å². The van der Waals surface area contributed by atoms with Gasteiger partial charge in [0.15, 0.2) is 0 Å². The molecule has 0 saturated heterocycles. The molecule has 1 aliphatic rings. The topological polar surface area (TPSA) is 3.24 Å². The molecule has 10 rings (SSSR count). The van der Waals surface area contributed by atoms with E-state index >= 15 is 0 Å². The van der Waals surface area contributed by atoms with E-state index in [-0.39, 0.29) is 5.41 Å². The fourth-order valence-electron chi connectivity index (χ4n) is 8.78. The molecular formula is C55H41N. The Bertz CT molecular complexity index is 2840. The third-order valence-electron chi connectivity index (χ3n) is 11.7. The van der Waals surface area contributed by atoms with E-state index in [0.717, 1.165) is 11.4 Å². The van der Waals surface area contributed by atoms with Gasteiger partial charge in [-0.25, -0.2) is 0 Å². The SMILES string of the molecule is CC1(C)c2ccccc2-c2c(N(c3ccc(-c4ccc(-c5cccc6ccccc56)cc4)cc3)c3ccc(-c4cccc(-c5ccccc5)c4)cc3)cccc21. The number of rotatable bonds is 7. The van der Waals surface area contributed by atoms with Gasteiger partial charge in [0.1, 0.15) is 0 Å². The number of anilines is 3. The Balaban J connectivity index is 1.04. The van der Waals surface area contributed by atoms with Crippen molar-refractivity contribution in [1.29, 1.82) is 0 Å². The first-order valence-corrected chi connectivity index (χ1v) is 19.5. The van der Waals surface area contributed by atoms with Crippen LogP contribution in [0.2, 0.25) is 0 Å². The molecule has 1 heteroatoms. The van der Waals surface area contributed by atoms with Crippen LogP contribution in [0.1, 0.15) is 25.0 Å². The highest BCUT2D eigenvalue weighted by Crippen LogP contribution is 2.54. The average molecular weight is 716 g/mol. The highest BCUT2D eigenvalue weighted by molar-refractivity contribution is 5.97. The summed E-state index contributed by atoms with van der Waals surface area (Å²) in [5.41, 5.74) is 18.4. The Labute approximate surface area is 329 Å². The van der Waals surface area contributed by atoms with Crippen LogP contribution in [-0.2, 0) is 5.41 Å². The van der Waals surface area contributed by atoms with E-state index in [4.69, 9.17) is 0 Å². The van der Waals surface area contributed by atoms with Crippen molar-refractivity contribution in [2.24, 2.45) is 0 Å². The van der Waals surface area contributed by atoms with Crippen LogP contribution in [0.25, 0.3) is 66.4 Å². The lowest BCUT2D eigenvalue weighted by Gasteiger charge is -2.29. The predicted molar refractivity (Wildman–Crippen MR) is 238 cm³/mol. The van der Waals surface area contributed by atoms with E-state index in [2.05, 4.69) is 231 Å². The number of benzene rings is 9. The molecule has 1 nitrogen and oxygen atoms in total. The maximum Gasteiger partial charge on any atom is 0.0543 e. The number of hydrogen-bond acceptors (Lipinski definition) is 1. The third kappa shape index (κ3) is 5.81. The van der Waals surface area contributed by atoms with Gasteiger partial charge >= 0.3 is 0 Å². The zero-order chi connectivity index (χ0) is 37.6. The summed E-state index contributed by atoms with van der Waals surface area (Å²) in [6.07, 6.45) is 0. The normalized spacial score (nSPS) is 12.6. The fraction of sp³-hybridized carbons (Fsp3) is 0.0545. The van der Waals surface area contributed by atoms with Crippen LogP contribution >= 0.6 is 0 Å². The van der Waals surface area contributed by atoms with Crippen LogP contribution in [0.5, 0.6) is 0 Å². The van der Waals surface area contributed by atoms with Crippen molar-refractivity contribution in [3.63, 3.8) is 0 Å². The van der Waals surface area contributed by atoms with Crippen LogP contribution in [0.3, 0.4) is 0 Å². The molecule has 266 valence electrons. The van der Waals surface area contributed by atoms with E-state index < -0.39 is 0 Å². The Morgan fingerprint density at radius 1 is 0.339 bits per heavy atom. The molecule has 0 aliphatic heterocycles. The molecule has 0 N–H and O–H groups in total. The minimum atomic E-state index is -0.0940. The first-order valence-electron chi connectivity index (χ1n) is 19.5. The average Bonchev–Trinajstić information content (AvgIpc) is 3.51. The summed E-state index contributed by atoms with van der Waals surface area (Å²) in [5.74, 6) is 0. The van der Waals surface area contributed by atoms with Crippen molar-refractivity contribution in [2.75, 3.05) is 4.90 Å². The van der Waals surface area contributed by atoms with Gasteiger partial charge in [0, 0.05) is 22.4 Å². The lowest BCUT2D eigenvalue weighted by molar-refractivity contribution is 0.660. The third-order valence-corrected chi connectivity index (χ3v) is 11.7. The molecule has 0 spiro atoms. The van der Waals surface area contributed by atoms with E-state index in [1.54, 1.807) is 0 Å². The number of hydrogen-bond donors (Lipinski definition) is 0. The van der Waals surface area contributed by atoms with Crippen molar-refractivity contribution >= 4 is 27.8 Å². The van der Waals surface area contributed by atoms with Crippen LogP contribution in [0.15, 0.2) is 212 Å². The van der Waals surface area contributed by atoms with Crippen LogP contribution in [-0.4, -0.2) is 0 Å². The first kappa shape index (κ1) is 33.6. The summed E-state index contributed by atoms with van der Waals surface area (Å²) in [5, 5.41) is 2.54. The van der Waals surface area contributed by atoms with Crippen molar-refractivity contribution in [3.05, 3.63) is 223 Å². The van der Waals surface area contributed by atoms with E-state index in [1.807, 2.05) is 0 Å². The van der Waals surface area contributed by atoms with Gasteiger partial charge in [-0.1, -0.05) is 190 Å². The van der Waals surface area contributed by atoms with E-state index in [1.165, 1.54) is 83.2 Å². The molecule has 0 amide bonds. The zero-order valence-corrected chi connectivity index (χ0v) is 31.7. The zero-order valence-electron chi connectivity index (χ0n) is 31.7. The van der Waals surface area contributed by atoms with Gasteiger partial charge < -0.3 is 4.90 Å². The van der Waals surface area contributed by atoms with Crippen molar-refractivity contribution in [2.45, 2.75) is 19.3 Å². The number of nitrogens with zero attached hydrogens (tertiary/aromatic N) is 1. The molecule has 9 aromatic carbocycles. The molecular weight excluding hydrogens is 675 g/mol. The van der Waals surface area contributed by atoms with Gasteiger partial charge in [-0.05, 0) is 108 Å². The van der Waals surface area contributed by atoms with Crippen molar-refractivity contribution in [1.82, 2.24) is 0 Å². The van der Waals surface area contributed by atoms with Gasteiger partial charge in [-0.3, -0.25) is 0 Å². The van der Waals surface area contributed by atoms with Gasteiger partial charge in [-0.15, -0.1) is 0 Å². The largest absolute Gasteiger partial charge is 0.310 e. The monoisotopic (exact) mass is 715 g/mol. The van der Waals surface area contributed by atoms with Crippen LogP contribution in [0, 0.1) is 0 Å². The summed E-state index contributed by atoms with van der Waals surface area (Å²) >= 11 is 0. The first-order chi connectivity index (χ1) is 27.5. The molecule has 0 bridgehead atoms. The van der Waals surface area contributed by atoms with E-state index in [9.17, 15) is 0 Å². The van der Waals surface area contributed by atoms with Crippen molar-refractivity contribution < 1.29 is 0 Å². The molecule has 9 aromatic rings. The Morgan fingerprint density at radius 3 is 1.52 bits per heavy atom. The summed E-state index contributed by atoms with van der Waals surface area (Å²) in [6, 6.07) is 77.5. The lowest BCUT2D eigenvalue weighted by Crippen LogP contribution is -2.16. The second-order valence-corrected chi connectivity index (χ2v) is 15.4. The lowest BCUT2D eigenvalue weighted by atomic mass is 9.82. The molecule has 1 aliphatic carbocycles. The van der Waals surface area contributed by atoms with Crippen LogP contribution in [0.4, 0.5) is 17.1 Å². The molecule has 0 unspecified atom stereocenters. The quantitative estimate of drug-likeness (QED) is 0.159. The predicted octanol–water partition coefficient (Wildman–Crippen LogP) is 15.3. The molecule has 0 heterocycles. The summed E-state index contributed by atoms with van der Waals surface area (Å²) in [4.78, 5) is 2.44. The second-order valence-electron chi connectivity index (χ2n) is 15.4. The Morgan fingerprint density at radius 2 is 0.804 bits per heavy atom. The Hall–Kier alpha value is -6.96. The summed E-state index contributed by atoms with van der Waals surface area (Å²) in [7, 11) is 0. The maximum atomic E-state index is 2.44. The van der Waals surface area contributed by atoms with Gasteiger partial charge in [0.2, 0.25) is 0 Å². The second kappa shape index (κ2) is 13.7. The maximum absolute atomic E-state index is 2.44. The number of fused-ring (bicyclic) bond motifs is 4. The van der Waals surface area contributed by atoms with Gasteiger partial charge in [-0.2, -0.15) is 0 Å². The fourth-order valence-corrected chi connectivity index (χ4v) is 8.78. The molecule has 0 atom stereocenters.